The van der Waals surface area contributed by atoms with Crippen molar-refractivity contribution in [3.8, 4) is 0 Å². The summed E-state index contributed by atoms with van der Waals surface area (Å²) >= 11 is 0. The number of likely N-dealkylation sites (tertiary alicyclic amines) is 1. The number of anilines is 2. The van der Waals surface area contributed by atoms with Crippen molar-refractivity contribution in [2.24, 2.45) is 5.92 Å². The average Bonchev–Trinajstić information content (AvgIpc) is 2.98. The molecule has 0 bridgehead atoms. The summed E-state index contributed by atoms with van der Waals surface area (Å²) in [6.45, 7) is 2.01. The first kappa shape index (κ1) is 19.7. The van der Waals surface area contributed by atoms with E-state index in [0.717, 1.165) is 17.7 Å². The highest BCUT2D eigenvalue weighted by molar-refractivity contribution is 5.98. The lowest BCUT2D eigenvalue weighted by molar-refractivity contribution is -0.137. The standard InChI is InChI=1S/C20H20F3N3O2/c1-12-5-6-16(24)9-17(12)25-19(28)14-8-18(27)26(11-14)10-13-3-2-4-15(7-13)20(21,22)23/h2-7,9,14H,8,10-11,24H2,1H3,(H,25,28). The number of amides is 2. The molecule has 2 amide bonds. The van der Waals surface area contributed by atoms with Crippen molar-refractivity contribution in [3.63, 3.8) is 0 Å². The topological polar surface area (TPSA) is 75.4 Å². The largest absolute Gasteiger partial charge is 0.416 e. The lowest BCUT2D eigenvalue weighted by Gasteiger charge is -2.18. The average molecular weight is 391 g/mol. The fourth-order valence-corrected chi connectivity index (χ4v) is 3.18. The fraction of sp³-hybridized carbons (Fsp3) is 0.300. The number of carbonyl (C=O) groups excluding carboxylic acids is 2. The predicted octanol–water partition coefficient (Wildman–Crippen LogP) is 3.58. The molecule has 2 aromatic carbocycles. The van der Waals surface area contributed by atoms with Crippen LogP contribution in [0.5, 0.6) is 0 Å². The van der Waals surface area contributed by atoms with Crippen LogP contribution in [0, 0.1) is 12.8 Å². The summed E-state index contributed by atoms with van der Waals surface area (Å²) in [6, 6.07) is 10.0. The Morgan fingerprint density at radius 2 is 2.00 bits per heavy atom. The van der Waals surface area contributed by atoms with E-state index in [2.05, 4.69) is 5.32 Å². The van der Waals surface area contributed by atoms with Crippen LogP contribution in [-0.2, 0) is 22.3 Å². The Bertz CT molecular complexity index is 912. The number of carbonyl (C=O) groups is 2. The molecule has 8 heteroatoms. The van der Waals surface area contributed by atoms with Crippen molar-refractivity contribution in [2.75, 3.05) is 17.6 Å². The quantitative estimate of drug-likeness (QED) is 0.783. The van der Waals surface area contributed by atoms with Crippen LogP contribution in [0.3, 0.4) is 0 Å². The minimum absolute atomic E-state index is 0.0200. The minimum atomic E-state index is -4.44. The molecule has 1 aliphatic heterocycles. The molecule has 1 unspecified atom stereocenters. The van der Waals surface area contributed by atoms with Gasteiger partial charge in [0, 0.05) is 30.9 Å². The zero-order chi connectivity index (χ0) is 20.5. The Hall–Kier alpha value is -3.03. The van der Waals surface area contributed by atoms with Gasteiger partial charge in [-0.3, -0.25) is 9.59 Å². The summed E-state index contributed by atoms with van der Waals surface area (Å²) in [5, 5.41) is 2.78. The molecule has 2 aromatic rings. The van der Waals surface area contributed by atoms with Crippen LogP contribution in [0.2, 0.25) is 0 Å². The zero-order valence-electron chi connectivity index (χ0n) is 15.2. The van der Waals surface area contributed by atoms with Gasteiger partial charge in [-0.2, -0.15) is 13.2 Å². The summed E-state index contributed by atoms with van der Waals surface area (Å²) in [6.07, 6.45) is -4.42. The van der Waals surface area contributed by atoms with E-state index in [9.17, 15) is 22.8 Å². The maximum atomic E-state index is 12.9. The number of aryl methyl sites for hydroxylation is 1. The van der Waals surface area contributed by atoms with Crippen molar-refractivity contribution in [1.82, 2.24) is 4.90 Å². The third kappa shape index (κ3) is 4.44. The number of nitrogens with two attached hydrogens (primary N) is 1. The molecule has 0 radical (unpaired) electrons. The Labute approximate surface area is 160 Å². The van der Waals surface area contributed by atoms with Crippen LogP contribution in [0.25, 0.3) is 0 Å². The first-order chi connectivity index (χ1) is 13.1. The third-order valence-electron chi connectivity index (χ3n) is 4.73. The molecule has 1 aliphatic rings. The Kier molecular flexibility index (Phi) is 5.31. The van der Waals surface area contributed by atoms with Crippen LogP contribution < -0.4 is 11.1 Å². The molecule has 148 valence electrons. The van der Waals surface area contributed by atoms with Gasteiger partial charge >= 0.3 is 6.18 Å². The molecule has 1 saturated heterocycles. The van der Waals surface area contributed by atoms with Gasteiger partial charge in [-0.05, 0) is 42.3 Å². The van der Waals surface area contributed by atoms with Crippen LogP contribution in [0.15, 0.2) is 42.5 Å². The van der Waals surface area contributed by atoms with Crippen molar-refractivity contribution < 1.29 is 22.8 Å². The Morgan fingerprint density at radius 1 is 1.25 bits per heavy atom. The van der Waals surface area contributed by atoms with Gasteiger partial charge in [0.15, 0.2) is 0 Å². The summed E-state index contributed by atoms with van der Waals surface area (Å²) in [7, 11) is 0. The van der Waals surface area contributed by atoms with Crippen molar-refractivity contribution in [2.45, 2.75) is 26.1 Å². The number of nitrogens with zero attached hydrogens (tertiary/aromatic N) is 1. The second-order valence-corrected chi connectivity index (χ2v) is 6.94. The molecule has 0 spiro atoms. The van der Waals surface area contributed by atoms with E-state index in [1.807, 2.05) is 6.92 Å². The molecule has 1 atom stereocenters. The van der Waals surface area contributed by atoms with E-state index in [1.54, 1.807) is 18.2 Å². The Morgan fingerprint density at radius 3 is 2.71 bits per heavy atom. The smallest absolute Gasteiger partial charge is 0.399 e. The monoisotopic (exact) mass is 391 g/mol. The number of hydrogen-bond acceptors (Lipinski definition) is 3. The number of hydrogen-bond donors (Lipinski definition) is 2. The normalized spacial score (nSPS) is 17.1. The van der Waals surface area contributed by atoms with E-state index < -0.39 is 17.7 Å². The maximum Gasteiger partial charge on any atom is 0.416 e. The highest BCUT2D eigenvalue weighted by Gasteiger charge is 2.35. The van der Waals surface area contributed by atoms with Gasteiger partial charge in [0.05, 0.1) is 11.5 Å². The van der Waals surface area contributed by atoms with E-state index in [1.165, 1.54) is 17.0 Å². The molecular formula is C20H20F3N3O2. The van der Waals surface area contributed by atoms with Crippen molar-refractivity contribution in [1.29, 1.82) is 0 Å². The Balaban J connectivity index is 1.66. The summed E-state index contributed by atoms with van der Waals surface area (Å²) in [5.74, 6) is -1.14. The second kappa shape index (κ2) is 7.53. The van der Waals surface area contributed by atoms with Crippen LogP contribution in [0.1, 0.15) is 23.1 Å². The van der Waals surface area contributed by atoms with Crippen molar-refractivity contribution >= 4 is 23.2 Å². The highest BCUT2D eigenvalue weighted by Crippen LogP contribution is 2.30. The van der Waals surface area contributed by atoms with E-state index in [-0.39, 0.29) is 31.3 Å². The fourth-order valence-electron chi connectivity index (χ4n) is 3.18. The molecule has 0 aromatic heterocycles. The van der Waals surface area contributed by atoms with Crippen LogP contribution in [0.4, 0.5) is 24.5 Å². The number of benzene rings is 2. The number of rotatable bonds is 4. The molecule has 1 fully saturated rings. The molecule has 28 heavy (non-hydrogen) atoms. The third-order valence-corrected chi connectivity index (χ3v) is 4.73. The molecule has 0 aliphatic carbocycles. The van der Waals surface area contributed by atoms with E-state index in [0.29, 0.717) is 16.9 Å². The lowest BCUT2D eigenvalue weighted by atomic mass is 10.1. The molecule has 3 N–H and O–H groups in total. The van der Waals surface area contributed by atoms with Gasteiger partial charge < -0.3 is 16.0 Å². The first-order valence-corrected chi connectivity index (χ1v) is 8.74. The second-order valence-electron chi connectivity index (χ2n) is 6.94. The van der Waals surface area contributed by atoms with Crippen LogP contribution in [-0.4, -0.2) is 23.3 Å². The molecule has 0 saturated carbocycles. The van der Waals surface area contributed by atoms with Gasteiger partial charge in [0.2, 0.25) is 11.8 Å². The lowest BCUT2D eigenvalue weighted by Crippen LogP contribution is -2.28. The van der Waals surface area contributed by atoms with Gasteiger partial charge in [-0.1, -0.05) is 18.2 Å². The zero-order valence-corrected chi connectivity index (χ0v) is 15.2. The highest BCUT2D eigenvalue weighted by atomic mass is 19.4. The molecule has 1 heterocycles. The summed E-state index contributed by atoms with van der Waals surface area (Å²) in [4.78, 5) is 26.2. The maximum absolute atomic E-state index is 12.9. The molecule has 5 nitrogen and oxygen atoms in total. The van der Waals surface area contributed by atoms with Gasteiger partial charge in [0.25, 0.3) is 0 Å². The predicted molar refractivity (Wildman–Crippen MR) is 99.2 cm³/mol. The molecular weight excluding hydrogens is 371 g/mol. The van der Waals surface area contributed by atoms with E-state index >= 15 is 0 Å². The number of halogens is 3. The van der Waals surface area contributed by atoms with Crippen molar-refractivity contribution in [3.05, 3.63) is 59.2 Å². The van der Waals surface area contributed by atoms with Gasteiger partial charge in [-0.15, -0.1) is 0 Å². The summed E-state index contributed by atoms with van der Waals surface area (Å²) in [5.41, 5.74) is 7.27. The molecule has 3 rings (SSSR count). The first-order valence-electron chi connectivity index (χ1n) is 8.74. The SMILES string of the molecule is Cc1ccc(N)cc1NC(=O)C1CC(=O)N(Cc2cccc(C(F)(F)F)c2)C1. The van der Waals surface area contributed by atoms with Crippen LogP contribution >= 0.6 is 0 Å². The van der Waals surface area contributed by atoms with Gasteiger partial charge in [-0.25, -0.2) is 0 Å². The number of nitrogen functional groups attached to an aromatic ring is 1. The number of alkyl halides is 3. The minimum Gasteiger partial charge on any atom is -0.399 e. The summed E-state index contributed by atoms with van der Waals surface area (Å²) < 4.78 is 38.6. The van der Waals surface area contributed by atoms with Gasteiger partial charge in [0.1, 0.15) is 0 Å². The number of nitrogens with one attached hydrogen (secondary N) is 1. The van der Waals surface area contributed by atoms with E-state index in [4.69, 9.17) is 5.73 Å².